The molecular formula is C51H43N3O. The first kappa shape index (κ1) is 34.3. The fourth-order valence-corrected chi connectivity index (χ4v) is 7.85. The van der Waals surface area contributed by atoms with Crippen molar-refractivity contribution in [3.63, 3.8) is 0 Å². The molecule has 1 aromatic heterocycles. The molecule has 0 spiro atoms. The Morgan fingerprint density at radius 3 is 2.33 bits per heavy atom. The van der Waals surface area contributed by atoms with Gasteiger partial charge in [0.05, 0.1) is 0 Å². The molecule has 0 amide bonds. The number of benzene rings is 5. The molecule has 6 aromatic rings. The molecule has 0 saturated carbocycles. The highest BCUT2D eigenvalue weighted by Crippen LogP contribution is 2.31. The molecule has 0 bridgehead atoms. The van der Waals surface area contributed by atoms with Crippen molar-refractivity contribution in [2.24, 2.45) is 9.98 Å². The lowest BCUT2D eigenvalue weighted by atomic mass is 9.92. The third kappa shape index (κ3) is 7.00. The summed E-state index contributed by atoms with van der Waals surface area (Å²) in [4.78, 5) is 10.2. The number of hydrogen-bond acceptors (Lipinski definition) is 4. The fraction of sp³-hybridized carbons (Fsp3) is 0.137. The number of nitrogens with one attached hydrogen (secondary N) is 1. The quantitative estimate of drug-likeness (QED) is 0.160. The van der Waals surface area contributed by atoms with Crippen LogP contribution in [0, 0.1) is 0 Å². The maximum atomic E-state index is 6.53. The van der Waals surface area contributed by atoms with E-state index in [0.717, 1.165) is 64.9 Å². The second kappa shape index (κ2) is 15.1. The van der Waals surface area contributed by atoms with Crippen molar-refractivity contribution in [2.45, 2.75) is 45.7 Å². The van der Waals surface area contributed by atoms with E-state index in [4.69, 9.17) is 14.4 Å². The lowest BCUT2D eigenvalue weighted by molar-refractivity contribution is 0.571. The van der Waals surface area contributed by atoms with E-state index in [-0.39, 0.29) is 6.17 Å². The SMILES string of the molecule is C/C=C\C=C(/C)c1ccc(-c2cccc(-c3ccc4oc5c(c4c3)=C(c3cccc(C4N=C(c6ccccc6)N=C(C6=CC=CCC6)N4)c3)CCC=5)c2)cc1. The molecule has 5 aromatic carbocycles. The Morgan fingerprint density at radius 2 is 1.51 bits per heavy atom. The molecule has 268 valence electrons. The van der Waals surface area contributed by atoms with E-state index in [9.17, 15) is 0 Å². The monoisotopic (exact) mass is 713 g/mol. The van der Waals surface area contributed by atoms with Gasteiger partial charge in [0.1, 0.15) is 23.0 Å². The van der Waals surface area contributed by atoms with Crippen LogP contribution in [-0.4, -0.2) is 11.7 Å². The van der Waals surface area contributed by atoms with Gasteiger partial charge in [-0.25, -0.2) is 9.98 Å². The molecule has 55 heavy (non-hydrogen) atoms. The Kier molecular flexibility index (Phi) is 9.39. The molecule has 0 radical (unpaired) electrons. The van der Waals surface area contributed by atoms with Crippen molar-refractivity contribution in [1.82, 2.24) is 5.32 Å². The summed E-state index contributed by atoms with van der Waals surface area (Å²) in [6.07, 6.45) is 18.6. The summed E-state index contributed by atoms with van der Waals surface area (Å²) >= 11 is 0. The predicted octanol–water partition coefficient (Wildman–Crippen LogP) is 11.2. The Labute approximate surface area is 322 Å². The van der Waals surface area contributed by atoms with Crippen molar-refractivity contribution in [1.29, 1.82) is 0 Å². The van der Waals surface area contributed by atoms with Crippen molar-refractivity contribution < 1.29 is 4.42 Å². The molecule has 0 fully saturated rings. The van der Waals surface area contributed by atoms with E-state index in [2.05, 4.69) is 158 Å². The predicted molar refractivity (Wildman–Crippen MR) is 230 cm³/mol. The zero-order valence-electron chi connectivity index (χ0n) is 31.3. The van der Waals surface area contributed by atoms with Crippen LogP contribution < -0.4 is 16.0 Å². The molecule has 9 rings (SSSR count). The highest BCUT2D eigenvalue weighted by atomic mass is 16.3. The van der Waals surface area contributed by atoms with Crippen LogP contribution in [0.5, 0.6) is 0 Å². The number of allylic oxidation sites excluding steroid dienone is 7. The van der Waals surface area contributed by atoms with E-state index < -0.39 is 0 Å². The van der Waals surface area contributed by atoms with E-state index in [1.54, 1.807) is 0 Å². The van der Waals surface area contributed by atoms with Crippen LogP contribution in [0.4, 0.5) is 0 Å². The van der Waals surface area contributed by atoms with Crippen LogP contribution in [0.15, 0.2) is 178 Å². The summed E-state index contributed by atoms with van der Waals surface area (Å²) in [5.41, 5.74) is 14.9. The zero-order valence-corrected chi connectivity index (χ0v) is 31.3. The number of amidine groups is 2. The largest absolute Gasteiger partial charge is 0.456 e. The highest BCUT2D eigenvalue weighted by molar-refractivity contribution is 6.13. The number of hydrogen-bond donors (Lipinski definition) is 1. The minimum Gasteiger partial charge on any atom is -0.456 e. The molecule has 1 unspecified atom stereocenters. The molecule has 1 N–H and O–H groups in total. The molecule has 2 aliphatic carbocycles. The number of aliphatic imine (C=N–C) groups is 2. The van der Waals surface area contributed by atoms with Crippen molar-refractivity contribution in [3.05, 3.63) is 196 Å². The second-order valence-electron chi connectivity index (χ2n) is 14.4. The van der Waals surface area contributed by atoms with Gasteiger partial charge >= 0.3 is 0 Å². The average Bonchev–Trinajstić information content (AvgIpc) is 3.64. The van der Waals surface area contributed by atoms with Gasteiger partial charge in [-0.3, -0.25) is 0 Å². The maximum Gasteiger partial charge on any atom is 0.159 e. The molecule has 3 aliphatic rings. The lowest BCUT2D eigenvalue weighted by Crippen LogP contribution is -2.34. The lowest BCUT2D eigenvalue weighted by Gasteiger charge is -2.25. The Bertz CT molecular complexity index is 2740. The van der Waals surface area contributed by atoms with Gasteiger partial charge in [0.2, 0.25) is 0 Å². The molecule has 4 nitrogen and oxygen atoms in total. The second-order valence-corrected chi connectivity index (χ2v) is 14.4. The number of nitrogens with zero attached hydrogens (tertiary/aromatic N) is 2. The first-order valence-corrected chi connectivity index (χ1v) is 19.3. The molecular weight excluding hydrogens is 671 g/mol. The smallest absolute Gasteiger partial charge is 0.159 e. The molecule has 2 heterocycles. The minimum atomic E-state index is -0.264. The Morgan fingerprint density at radius 1 is 0.745 bits per heavy atom. The fourth-order valence-electron chi connectivity index (χ4n) is 7.85. The Hall–Kier alpha value is -6.52. The highest BCUT2D eigenvalue weighted by Gasteiger charge is 2.23. The first-order valence-electron chi connectivity index (χ1n) is 19.3. The van der Waals surface area contributed by atoms with Gasteiger partial charge in [-0.1, -0.05) is 134 Å². The first-order chi connectivity index (χ1) is 27.1. The van der Waals surface area contributed by atoms with Gasteiger partial charge in [-0.2, -0.15) is 0 Å². The van der Waals surface area contributed by atoms with Crippen LogP contribution >= 0.6 is 0 Å². The van der Waals surface area contributed by atoms with Crippen molar-refractivity contribution in [3.8, 4) is 22.3 Å². The zero-order chi connectivity index (χ0) is 37.1. The van der Waals surface area contributed by atoms with Crippen LogP contribution in [0.1, 0.15) is 68.0 Å². The molecule has 4 heteroatoms. The average molecular weight is 714 g/mol. The van der Waals surface area contributed by atoms with E-state index >= 15 is 0 Å². The van der Waals surface area contributed by atoms with Crippen molar-refractivity contribution >= 4 is 39.9 Å². The maximum absolute atomic E-state index is 6.53. The van der Waals surface area contributed by atoms with Crippen LogP contribution in [-0.2, 0) is 0 Å². The van der Waals surface area contributed by atoms with Gasteiger partial charge in [0, 0.05) is 16.2 Å². The normalized spacial score (nSPS) is 17.0. The van der Waals surface area contributed by atoms with Gasteiger partial charge < -0.3 is 9.73 Å². The topological polar surface area (TPSA) is 49.9 Å². The van der Waals surface area contributed by atoms with Gasteiger partial charge in [-0.15, -0.1) is 0 Å². The molecule has 0 saturated heterocycles. The van der Waals surface area contributed by atoms with E-state index in [1.807, 2.05) is 25.1 Å². The van der Waals surface area contributed by atoms with Gasteiger partial charge in [0.15, 0.2) is 5.84 Å². The number of rotatable bonds is 8. The van der Waals surface area contributed by atoms with Crippen LogP contribution in [0.2, 0.25) is 0 Å². The third-order valence-electron chi connectivity index (χ3n) is 10.8. The summed E-state index contributed by atoms with van der Waals surface area (Å²) < 4.78 is 6.53. The molecule has 1 aliphatic heterocycles. The number of furan rings is 1. The van der Waals surface area contributed by atoms with Gasteiger partial charge in [0.25, 0.3) is 0 Å². The van der Waals surface area contributed by atoms with Crippen LogP contribution in [0.25, 0.3) is 50.4 Å². The Balaban J connectivity index is 1.08. The minimum absolute atomic E-state index is 0.264. The molecule has 1 atom stereocenters. The summed E-state index contributed by atoms with van der Waals surface area (Å²) in [6.45, 7) is 4.19. The van der Waals surface area contributed by atoms with Crippen LogP contribution in [0.3, 0.4) is 0 Å². The van der Waals surface area contributed by atoms with E-state index in [1.165, 1.54) is 55.3 Å². The third-order valence-corrected chi connectivity index (χ3v) is 10.8. The standard InChI is InChI=1S/C51H43N3O/c1-3-4-14-34(2)35-25-27-36(28-26-35)39-19-11-20-40(31-39)41-29-30-46-45(33-41)48-44(23-13-24-47(48)55-46)42-21-12-22-43(32-42)51-53-49(37-15-7-5-8-16-37)52-50(54-51)38-17-9-6-10-18-38/h3-9,11-12,14-17,19-22,24-33,51H,10,13,18,23H2,1-2H3,(H,52,53,54)/b4-3-,34-14+. The van der Waals surface area contributed by atoms with Gasteiger partial charge in [-0.05, 0) is 126 Å². The van der Waals surface area contributed by atoms with Crippen molar-refractivity contribution in [2.75, 3.05) is 0 Å². The summed E-state index contributed by atoms with van der Waals surface area (Å²) in [5.74, 6) is 1.65. The summed E-state index contributed by atoms with van der Waals surface area (Å²) in [7, 11) is 0. The number of fused-ring (bicyclic) bond motifs is 3. The summed E-state index contributed by atoms with van der Waals surface area (Å²) in [6, 6.07) is 43.5. The summed E-state index contributed by atoms with van der Waals surface area (Å²) in [5, 5.41) is 6.03. The van der Waals surface area contributed by atoms with E-state index in [0.29, 0.717) is 0 Å².